The van der Waals surface area contributed by atoms with Crippen molar-refractivity contribution in [3.8, 4) is 0 Å². The monoisotopic (exact) mass is 203 g/mol. The summed E-state index contributed by atoms with van der Waals surface area (Å²) in [5, 5.41) is 0. The molecule has 0 aromatic rings. The lowest BCUT2D eigenvalue weighted by Gasteiger charge is -2.12. The highest BCUT2D eigenvalue weighted by molar-refractivity contribution is 4.55. The number of hydrogen-bond acceptors (Lipinski definition) is 1. The minimum atomic E-state index is 0.881. The quantitative estimate of drug-likeness (QED) is 0.701. The highest BCUT2D eigenvalue weighted by Crippen LogP contribution is 2.16. The molecule has 90 valence electrons. The Morgan fingerprint density at radius 1 is 1.00 bits per heavy atom. The third-order valence-corrected chi connectivity index (χ3v) is 1.92. The summed E-state index contributed by atoms with van der Waals surface area (Å²) in [5.41, 5.74) is 4.50. The Balaban J connectivity index is -0.000000266. The molecule has 0 aliphatic heterocycles. The summed E-state index contributed by atoms with van der Waals surface area (Å²) in [6.07, 6.45) is 5.59. The summed E-state index contributed by atoms with van der Waals surface area (Å²) in [7, 11) is 1.50. The van der Waals surface area contributed by atoms with Crippen LogP contribution in [0.15, 0.2) is 0 Å². The Morgan fingerprint density at radius 2 is 1.43 bits per heavy atom. The Kier molecular flexibility index (Phi) is 26.1. The maximum absolute atomic E-state index is 4.50. The molecule has 0 spiro atoms. The van der Waals surface area contributed by atoms with Crippen molar-refractivity contribution in [2.24, 2.45) is 17.6 Å². The Bertz CT molecular complexity index is 69.6. The highest BCUT2D eigenvalue weighted by atomic mass is 14.4. The predicted molar refractivity (Wildman–Crippen MR) is 69.6 cm³/mol. The molecule has 0 amide bonds. The zero-order valence-corrected chi connectivity index (χ0v) is 11.6. The van der Waals surface area contributed by atoms with E-state index in [9.17, 15) is 0 Å². The fraction of sp³-hybridized carbons (Fsp3) is 1.00. The van der Waals surface area contributed by atoms with Gasteiger partial charge in [0.05, 0.1) is 0 Å². The summed E-state index contributed by atoms with van der Waals surface area (Å²) in [4.78, 5) is 0. The molecule has 1 unspecified atom stereocenters. The van der Waals surface area contributed by atoms with E-state index in [0.29, 0.717) is 0 Å². The van der Waals surface area contributed by atoms with E-state index in [4.69, 9.17) is 0 Å². The van der Waals surface area contributed by atoms with Gasteiger partial charge < -0.3 is 5.73 Å². The maximum Gasteiger partial charge on any atom is -0.0195 e. The largest absolute Gasteiger partial charge is 0.333 e. The summed E-state index contributed by atoms with van der Waals surface area (Å²) in [6.45, 7) is 13.3. The molecule has 0 aliphatic carbocycles. The molecule has 0 aromatic heterocycles. The van der Waals surface area contributed by atoms with E-state index < -0.39 is 0 Å². The first-order valence-electron chi connectivity index (χ1n) is 6.24. The van der Waals surface area contributed by atoms with Gasteiger partial charge in [0, 0.05) is 0 Å². The van der Waals surface area contributed by atoms with E-state index in [1.807, 2.05) is 13.8 Å². The molecule has 0 rings (SSSR count). The zero-order chi connectivity index (χ0) is 12.0. The highest BCUT2D eigenvalue weighted by Gasteiger charge is 2.03. The van der Waals surface area contributed by atoms with Gasteiger partial charge >= 0.3 is 0 Å². The van der Waals surface area contributed by atoms with Crippen LogP contribution in [0.1, 0.15) is 67.2 Å². The molecule has 0 heterocycles. The van der Waals surface area contributed by atoms with Gasteiger partial charge in [-0.1, -0.05) is 60.8 Å². The SMILES string of the molecule is CC.CCCCC(C)CC(C)C.CN. The number of unbranched alkanes of at least 4 members (excludes halogenated alkanes) is 1. The molecule has 0 radical (unpaired) electrons. The Hall–Kier alpha value is -0.0400. The van der Waals surface area contributed by atoms with Gasteiger partial charge in [0.15, 0.2) is 0 Å². The smallest absolute Gasteiger partial charge is 0.0195 e. The predicted octanol–water partition coefficient (Wildman–Crippen LogP) is 4.46. The summed E-state index contributed by atoms with van der Waals surface area (Å²) in [5.74, 6) is 1.83. The van der Waals surface area contributed by atoms with Crippen molar-refractivity contribution in [1.29, 1.82) is 0 Å². The standard InChI is InChI=1S/C10H22.C2H6.CH5N/c1-5-6-7-10(4)8-9(2)3;2*1-2/h9-10H,5-8H2,1-4H3;1-2H3;2H2,1H3. The van der Waals surface area contributed by atoms with Gasteiger partial charge in [-0.15, -0.1) is 0 Å². The lowest BCUT2D eigenvalue weighted by atomic mass is 9.94. The van der Waals surface area contributed by atoms with Gasteiger partial charge in [-0.05, 0) is 25.3 Å². The van der Waals surface area contributed by atoms with Crippen molar-refractivity contribution in [2.75, 3.05) is 7.05 Å². The van der Waals surface area contributed by atoms with Gasteiger partial charge in [-0.2, -0.15) is 0 Å². The van der Waals surface area contributed by atoms with Crippen LogP contribution >= 0.6 is 0 Å². The molecule has 0 fully saturated rings. The van der Waals surface area contributed by atoms with E-state index in [1.165, 1.54) is 32.7 Å². The van der Waals surface area contributed by atoms with E-state index in [-0.39, 0.29) is 0 Å². The van der Waals surface area contributed by atoms with E-state index in [0.717, 1.165) is 11.8 Å². The first kappa shape index (κ1) is 19.5. The number of rotatable bonds is 5. The number of hydrogen-bond donors (Lipinski definition) is 1. The van der Waals surface area contributed by atoms with Crippen molar-refractivity contribution >= 4 is 0 Å². The molecule has 1 atom stereocenters. The number of nitrogens with two attached hydrogens (primary N) is 1. The zero-order valence-electron chi connectivity index (χ0n) is 11.6. The fourth-order valence-corrected chi connectivity index (χ4v) is 1.48. The Morgan fingerprint density at radius 3 is 1.71 bits per heavy atom. The van der Waals surface area contributed by atoms with Crippen molar-refractivity contribution in [1.82, 2.24) is 0 Å². The molecule has 0 bridgehead atoms. The van der Waals surface area contributed by atoms with Gasteiger partial charge in [0.1, 0.15) is 0 Å². The average molecular weight is 203 g/mol. The summed E-state index contributed by atoms with van der Waals surface area (Å²) < 4.78 is 0. The van der Waals surface area contributed by atoms with Crippen molar-refractivity contribution in [2.45, 2.75) is 67.2 Å². The molecule has 0 saturated heterocycles. The summed E-state index contributed by atoms with van der Waals surface area (Å²) >= 11 is 0. The topological polar surface area (TPSA) is 26.0 Å². The second-order valence-corrected chi connectivity index (χ2v) is 3.88. The molecule has 1 heteroatoms. The Labute approximate surface area is 92.5 Å². The average Bonchev–Trinajstić information content (AvgIpc) is 2.20. The lowest BCUT2D eigenvalue weighted by Crippen LogP contribution is -1.99. The third-order valence-electron chi connectivity index (χ3n) is 1.92. The van der Waals surface area contributed by atoms with Crippen molar-refractivity contribution in [3.05, 3.63) is 0 Å². The van der Waals surface area contributed by atoms with Crippen LogP contribution in [0, 0.1) is 11.8 Å². The summed E-state index contributed by atoms with van der Waals surface area (Å²) in [6, 6.07) is 0. The van der Waals surface area contributed by atoms with E-state index in [1.54, 1.807) is 0 Å². The van der Waals surface area contributed by atoms with Crippen LogP contribution in [0.5, 0.6) is 0 Å². The van der Waals surface area contributed by atoms with E-state index >= 15 is 0 Å². The molecule has 0 aromatic carbocycles. The molecule has 1 nitrogen and oxygen atoms in total. The van der Waals surface area contributed by atoms with Gasteiger partial charge in [-0.3, -0.25) is 0 Å². The minimum absolute atomic E-state index is 0.881. The van der Waals surface area contributed by atoms with Crippen molar-refractivity contribution in [3.63, 3.8) is 0 Å². The minimum Gasteiger partial charge on any atom is -0.333 e. The molecular weight excluding hydrogens is 170 g/mol. The molecule has 14 heavy (non-hydrogen) atoms. The van der Waals surface area contributed by atoms with Crippen LogP contribution in [0.4, 0.5) is 0 Å². The van der Waals surface area contributed by atoms with E-state index in [2.05, 4.69) is 33.4 Å². The third kappa shape index (κ3) is 22.7. The maximum atomic E-state index is 4.50. The van der Waals surface area contributed by atoms with Crippen LogP contribution in [-0.4, -0.2) is 7.05 Å². The lowest BCUT2D eigenvalue weighted by molar-refractivity contribution is 0.404. The van der Waals surface area contributed by atoms with Gasteiger partial charge in [0.2, 0.25) is 0 Å². The first-order chi connectivity index (χ1) is 6.66. The van der Waals surface area contributed by atoms with Gasteiger partial charge in [0.25, 0.3) is 0 Å². The molecule has 2 N–H and O–H groups in total. The van der Waals surface area contributed by atoms with Crippen LogP contribution in [0.25, 0.3) is 0 Å². The fourth-order valence-electron chi connectivity index (χ4n) is 1.48. The van der Waals surface area contributed by atoms with Crippen LogP contribution in [0.3, 0.4) is 0 Å². The molecule has 0 aliphatic rings. The van der Waals surface area contributed by atoms with Gasteiger partial charge in [-0.25, -0.2) is 0 Å². The second kappa shape index (κ2) is 18.7. The first-order valence-corrected chi connectivity index (χ1v) is 6.24. The normalized spacial score (nSPS) is 10.9. The molecular formula is C13H33N. The van der Waals surface area contributed by atoms with Crippen molar-refractivity contribution < 1.29 is 0 Å². The van der Waals surface area contributed by atoms with Crippen LogP contribution < -0.4 is 5.73 Å². The molecule has 0 saturated carbocycles. The second-order valence-electron chi connectivity index (χ2n) is 3.88. The van der Waals surface area contributed by atoms with Crippen LogP contribution in [0.2, 0.25) is 0 Å². The van der Waals surface area contributed by atoms with Crippen LogP contribution in [-0.2, 0) is 0 Å².